The second-order valence-corrected chi connectivity index (χ2v) is 5.55. The lowest BCUT2D eigenvalue weighted by atomic mass is 9.96. The molecule has 1 atom stereocenters. The first kappa shape index (κ1) is 10.7. The van der Waals surface area contributed by atoms with Gasteiger partial charge in [0, 0.05) is 19.0 Å². The Labute approximate surface area is 79.0 Å². The zero-order valence-corrected chi connectivity index (χ0v) is 8.80. The van der Waals surface area contributed by atoms with Crippen molar-refractivity contribution in [3.05, 3.63) is 0 Å². The maximum atomic E-state index is 11.2. The highest BCUT2D eigenvalue weighted by Gasteiger charge is 2.27. The van der Waals surface area contributed by atoms with E-state index >= 15 is 0 Å². The van der Waals surface area contributed by atoms with Gasteiger partial charge in [-0.2, -0.15) is 0 Å². The summed E-state index contributed by atoms with van der Waals surface area (Å²) in [5.74, 6) is -0.00294. The standard InChI is InChI=1S/C8H15NO3S/c1-7(10)8-4-3-5-9(6-8)13(2,11)12/h8H,3-6H2,1-2H3/t8-/m0/s1. The van der Waals surface area contributed by atoms with E-state index in [9.17, 15) is 13.2 Å². The van der Waals surface area contributed by atoms with E-state index < -0.39 is 10.0 Å². The number of nitrogens with zero attached hydrogens (tertiary/aromatic N) is 1. The summed E-state index contributed by atoms with van der Waals surface area (Å²) in [7, 11) is -3.11. The molecular weight excluding hydrogens is 190 g/mol. The van der Waals surface area contributed by atoms with E-state index in [0.29, 0.717) is 13.1 Å². The summed E-state index contributed by atoms with van der Waals surface area (Å²) in [6, 6.07) is 0. The predicted molar refractivity (Wildman–Crippen MR) is 49.8 cm³/mol. The average Bonchev–Trinajstić information content (AvgIpc) is 2.03. The third-order valence-electron chi connectivity index (χ3n) is 2.43. The molecule has 1 fully saturated rings. The van der Waals surface area contributed by atoms with Crippen molar-refractivity contribution in [2.24, 2.45) is 5.92 Å². The summed E-state index contributed by atoms with van der Waals surface area (Å²) in [4.78, 5) is 11.0. The maximum Gasteiger partial charge on any atom is 0.211 e. The molecule has 13 heavy (non-hydrogen) atoms. The maximum absolute atomic E-state index is 11.2. The summed E-state index contributed by atoms with van der Waals surface area (Å²) in [6.45, 7) is 2.45. The highest BCUT2D eigenvalue weighted by Crippen LogP contribution is 2.18. The van der Waals surface area contributed by atoms with Crippen molar-refractivity contribution in [2.75, 3.05) is 19.3 Å². The lowest BCUT2D eigenvalue weighted by molar-refractivity contribution is -0.121. The number of Topliss-reactive ketones (excluding diaryl/α,β-unsaturated/α-hetero) is 1. The van der Waals surface area contributed by atoms with Crippen LogP contribution in [0, 0.1) is 5.92 Å². The largest absolute Gasteiger partial charge is 0.300 e. The molecule has 0 spiro atoms. The van der Waals surface area contributed by atoms with Gasteiger partial charge in [-0.15, -0.1) is 0 Å². The second kappa shape index (κ2) is 3.75. The van der Waals surface area contributed by atoms with Crippen molar-refractivity contribution in [3.63, 3.8) is 0 Å². The zero-order chi connectivity index (χ0) is 10.1. The van der Waals surface area contributed by atoms with Gasteiger partial charge in [-0.1, -0.05) is 0 Å². The minimum Gasteiger partial charge on any atom is -0.300 e. The Kier molecular flexibility index (Phi) is 3.08. The SMILES string of the molecule is CC(=O)[C@H]1CCCN(S(C)(=O)=O)C1. The van der Waals surface area contributed by atoms with Crippen molar-refractivity contribution in [3.8, 4) is 0 Å². The van der Waals surface area contributed by atoms with Gasteiger partial charge in [-0.25, -0.2) is 12.7 Å². The van der Waals surface area contributed by atoms with Crippen LogP contribution in [0.5, 0.6) is 0 Å². The molecule has 4 nitrogen and oxygen atoms in total. The van der Waals surface area contributed by atoms with E-state index in [1.165, 1.54) is 17.5 Å². The smallest absolute Gasteiger partial charge is 0.211 e. The van der Waals surface area contributed by atoms with Crippen LogP contribution in [0.2, 0.25) is 0 Å². The fourth-order valence-electron chi connectivity index (χ4n) is 1.58. The molecule has 0 saturated carbocycles. The molecular formula is C8H15NO3S. The molecule has 0 amide bonds. The number of hydrogen-bond acceptors (Lipinski definition) is 3. The molecule has 1 heterocycles. The first-order chi connectivity index (χ1) is 5.91. The van der Waals surface area contributed by atoms with Crippen LogP contribution in [-0.2, 0) is 14.8 Å². The number of sulfonamides is 1. The number of hydrogen-bond donors (Lipinski definition) is 0. The normalized spacial score (nSPS) is 25.8. The molecule has 1 saturated heterocycles. The molecule has 1 aliphatic rings. The molecule has 0 aromatic carbocycles. The second-order valence-electron chi connectivity index (χ2n) is 3.57. The van der Waals surface area contributed by atoms with Gasteiger partial charge in [0.1, 0.15) is 5.78 Å². The van der Waals surface area contributed by atoms with E-state index in [4.69, 9.17) is 0 Å². The topological polar surface area (TPSA) is 54.5 Å². The molecule has 0 aliphatic carbocycles. The van der Waals surface area contributed by atoms with Crippen LogP contribution in [0.1, 0.15) is 19.8 Å². The van der Waals surface area contributed by atoms with Crippen LogP contribution in [0.25, 0.3) is 0 Å². The third kappa shape index (κ3) is 2.77. The van der Waals surface area contributed by atoms with Gasteiger partial charge >= 0.3 is 0 Å². The van der Waals surface area contributed by atoms with Crippen molar-refractivity contribution < 1.29 is 13.2 Å². The van der Waals surface area contributed by atoms with E-state index in [1.807, 2.05) is 0 Å². The number of carbonyl (C=O) groups excluding carboxylic acids is 1. The number of piperidine rings is 1. The van der Waals surface area contributed by atoms with Crippen LogP contribution < -0.4 is 0 Å². The number of carbonyl (C=O) groups is 1. The molecule has 0 aromatic heterocycles. The fraction of sp³-hybridized carbons (Fsp3) is 0.875. The lowest BCUT2D eigenvalue weighted by Gasteiger charge is -2.29. The summed E-state index contributed by atoms with van der Waals surface area (Å²) in [5, 5.41) is 0. The van der Waals surface area contributed by atoms with Crippen LogP contribution in [0.3, 0.4) is 0 Å². The van der Waals surface area contributed by atoms with Gasteiger partial charge in [0.25, 0.3) is 0 Å². The Bertz CT molecular complexity index is 297. The quantitative estimate of drug-likeness (QED) is 0.649. The van der Waals surface area contributed by atoms with Crippen molar-refractivity contribution in [1.29, 1.82) is 0 Å². The molecule has 5 heteroatoms. The molecule has 0 bridgehead atoms. The molecule has 0 unspecified atom stereocenters. The Morgan fingerprint density at radius 2 is 2.08 bits per heavy atom. The van der Waals surface area contributed by atoms with Gasteiger partial charge in [0.2, 0.25) is 10.0 Å². The average molecular weight is 205 g/mol. The van der Waals surface area contributed by atoms with Crippen molar-refractivity contribution in [1.82, 2.24) is 4.31 Å². The van der Waals surface area contributed by atoms with Gasteiger partial charge in [0.05, 0.1) is 6.26 Å². The Morgan fingerprint density at radius 3 is 2.54 bits per heavy atom. The monoisotopic (exact) mass is 205 g/mol. The molecule has 1 rings (SSSR count). The Balaban J connectivity index is 2.67. The lowest BCUT2D eigenvalue weighted by Crippen LogP contribution is -2.41. The van der Waals surface area contributed by atoms with E-state index in [-0.39, 0.29) is 11.7 Å². The zero-order valence-electron chi connectivity index (χ0n) is 7.99. The van der Waals surface area contributed by atoms with Crippen LogP contribution in [-0.4, -0.2) is 37.9 Å². The van der Waals surface area contributed by atoms with Gasteiger partial charge in [-0.05, 0) is 19.8 Å². The summed E-state index contributed by atoms with van der Waals surface area (Å²) >= 11 is 0. The summed E-state index contributed by atoms with van der Waals surface area (Å²) < 4.78 is 23.7. The van der Waals surface area contributed by atoms with Gasteiger partial charge in [-0.3, -0.25) is 4.79 Å². The number of ketones is 1. The number of rotatable bonds is 2. The van der Waals surface area contributed by atoms with Gasteiger partial charge < -0.3 is 0 Å². The van der Waals surface area contributed by atoms with E-state index in [0.717, 1.165) is 12.8 Å². The van der Waals surface area contributed by atoms with Gasteiger partial charge in [0.15, 0.2) is 0 Å². The first-order valence-corrected chi connectivity index (χ1v) is 6.21. The Morgan fingerprint density at radius 1 is 1.46 bits per heavy atom. The molecule has 0 radical (unpaired) electrons. The molecule has 76 valence electrons. The predicted octanol–water partition coefficient (Wildman–Crippen LogP) is 0.247. The highest BCUT2D eigenvalue weighted by atomic mass is 32.2. The third-order valence-corrected chi connectivity index (χ3v) is 3.70. The molecule has 1 aliphatic heterocycles. The molecule has 0 aromatic rings. The fourth-order valence-corrected chi connectivity index (χ4v) is 2.49. The van der Waals surface area contributed by atoms with Crippen molar-refractivity contribution in [2.45, 2.75) is 19.8 Å². The van der Waals surface area contributed by atoms with E-state index in [2.05, 4.69) is 0 Å². The molecule has 0 N–H and O–H groups in total. The first-order valence-electron chi connectivity index (χ1n) is 4.37. The van der Waals surface area contributed by atoms with E-state index in [1.54, 1.807) is 0 Å². The minimum absolute atomic E-state index is 0.0911. The van der Waals surface area contributed by atoms with Crippen LogP contribution >= 0.6 is 0 Å². The minimum atomic E-state index is -3.11. The Hall–Kier alpha value is -0.420. The summed E-state index contributed by atoms with van der Waals surface area (Å²) in [6.07, 6.45) is 2.80. The highest BCUT2D eigenvalue weighted by molar-refractivity contribution is 7.88. The summed E-state index contributed by atoms with van der Waals surface area (Å²) in [5.41, 5.74) is 0. The van der Waals surface area contributed by atoms with Crippen molar-refractivity contribution >= 4 is 15.8 Å². The van der Waals surface area contributed by atoms with Crippen LogP contribution in [0.4, 0.5) is 0 Å². The van der Waals surface area contributed by atoms with Crippen LogP contribution in [0.15, 0.2) is 0 Å².